The van der Waals surface area contributed by atoms with Crippen LogP contribution in [0.2, 0.25) is 0 Å². The van der Waals surface area contributed by atoms with Crippen LogP contribution in [-0.2, 0) is 7.05 Å². The molecule has 0 aliphatic heterocycles. The molecule has 0 fully saturated rings. The third-order valence-corrected chi connectivity index (χ3v) is 4.00. The van der Waals surface area contributed by atoms with Crippen molar-refractivity contribution >= 4 is 27.8 Å². The van der Waals surface area contributed by atoms with Gasteiger partial charge in [-0.2, -0.15) is 0 Å². The number of oxazole rings is 1. The molecule has 0 aliphatic rings. The average molecular weight is 307 g/mol. The first-order chi connectivity index (χ1) is 11.1. The first kappa shape index (κ1) is 13.5. The fraction of sp³-hybridized carbons (Fsp3) is 0.118. The molecule has 0 radical (unpaired) electrons. The highest BCUT2D eigenvalue weighted by molar-refractivity contribution is 6.09. The van der Waals surface area contributed by atoms with E-state index in [1.54, 1.807) is 0 Å². The normalized spacial score (nSPS) is 11.4. The molecule has 3 aromatic heterocycles. The minimum atomic E-state index is -1.20. The fourth-order valence-electron chi connectivity index (χ4n) is 3.03. The van der Waals surface area contributed by atoms with Gasteiger partial charge in [-0.15, -0.1) is 0 Å². The average Bonchev–Trinajstić information content (AvgIpc) is 3.13. The van der Waals surface area contributed by atoms with E-state index >= 15 is 0 Å². The highest BCUT2D eigenvalue weighted by atomic mass is 16.4. The Labute approximate surface area is 131 Å². The van der Waals surface area contributed by atoms with Crippen molar-refractivity contribution in [1.29, 1.82) is 0 Å². The maximum Gasteiger partial charge on any atom is 0.392 e. The van der Waals surface area contributed by atoms with E-state index in [4.69, 9.17) is 9.52 Å². The Balaban J connectivity index is 2.02. The predicted molar refractivity (Wildman–Crippen MR) is 85.4 cm³/mol. The summed E-state index contributed by atoms with van der Waals surface area (Å²) in [6.45, 7) is 1.93. The summed E-state index contributed by atoms with van der Waals surface area (Å²) < 4.78 is 7.38. The van der Waals surface area contributed by atoms with Crippen molar-refractivity contribution in [1.82, 2.24) is 14.5 Å². The van der Waals surface area contributed by atoms with Crippen LogP contribution in [0.15, 0.2) is 40.9 Å². The van der Waals surface area contributed by atoms with Crippen molar-refractivity contribution in [3.05, 3.63) is 48.1 Å². The lowest BCUT2D eigenvalue weighted by atomic mass is 10.1. The maximum absolute atomic E-state index is 10.9. The van der Waals surface area contributed by atoms with Gasteiger partial charge in [0.1, 0.15) is 5.69 Å². The zero-order chi connectivity index (χ0) is 16.1. The Hall–Kier alpha value is -3.15. The Bertz CT molecular complexity index is 1080. The molecule has 1 aromatic carbocycles. The SMILES string of the molecule is Cc1nc(-c2cnc(C(=O)O)o2)cc2c3ccccc3n(C)c12. The summed E-state index contributed by atoms with van der Waals surface area (Å²) in [6.07, 6.45) is 1.39. The summed E-state index contributed by atoms with van der Waals surface area (Å²) in [7, 11) is 2.01. The number of rotatable bonds is 2. The number of aromatic nitrogens is 3. The van der Waals surface area contributed by atoms with E-state index in [1.807, 2.05) is 32.2 Å². The van der Waals surface area contributed by atoms with Gasteiger partial charge in [0.25, 0.3) is 0 Å². The van der Waals surface area contributed by atoms with Crippen molar-refractivity contribution in [3.8, 4) is 11.5 Å². The number of hydrogen-bond donors (Lipinski definition) is 1. The lowest BCUT2D eigenvalue weighted by Crippen LogP contribution is -1.95. The number of benzene rings is 1. The number of nitrogens with zero attached hydrogens (tertiary/aromatic N) is 3. The number of carboxylic acids is 1. The van der Waals surface area contributed by atoms with Gasteiger partial charge >= 0.3 is 11.9 Å². The van der Waals surface area contributed by atoms with Gasteiger partial charge in [-0.3, -0.25) is 0 Å². The van der Waals surface area contributed by atoms with Crippen LogP contribution >= 0.6 is 0 Å². The number of pyridine rings is 1. The van der Waals surface area contributed by atoms with Gasteiger partial charge in [-0.05, 0) is 19.1 Å². The van der Waals surface area contributed by atoms with E-state index in [1.165, 1.54) is 6.20 Å². The van der Waals surface area contributed by atoms with Gasteiger partial charge < -0.3 is 14.1 Å². The number of carboxylic acid groups (broad SMARTS) is 1. The van der Waals surface area contributed by atoms with Crippen LogP contribution in [0, 0.1) is 6.92 Å². The Morgan fingerprint density at radius 3 is 2.78 bits per heavy atom. The number of fused-ring (bicyclic) bond motifs is 3. The van der Waals surface area contributed by atoms with Crippen LogP contribution in [0.4, 0.5) is 0 Å². The summed E-state index contributed by atoms with van der Waals surface area (Å²) in [5, 5.41) is 11.1. The van der Waals surface area contributed by atoms with E-state index in [2.05, 4.69) is 26.7 Å². The zero-order valence-electron chi connectivity index (χ0n) is 12.6. The Kier molecular flexibility index (Phi) is 2.74. The molecule has 0 aliphatic carbocycles. The summed E-state index contributed by atoms with van der Waals surface area (Å²) in [4.78, 5) is 19.2. The van der Waals surface area contributed by atoms with Gasteiger partial charge in [0.05, 0.1) is 17.4 Å². The van der Waals surface area contributed by atoms with E-state index in [-0.39, 0.29) is 5.89 Å². The smallest absolute Gasteiger partial charge is 0.392 e. The van der Waals surface area contributed by atoms with Crippen LogP contribution < -0.4 is 0 Å². The van der Waals surface area contributed by atoms with Crippen molar-refractivity contribution in [3.63, 3.8) is 0 Å². The molecule has 0 spiro atoms. The van der Waals surface area contributed by atoms with E-state index in [9.17, 15) is 4.79 Å². The largest absolute Gasteiger partial charge is 0.474 e. The van der Waals surface area contributed by atoms with Gasteiger partial charge in [0.15, 0.2) is 5.76 Å². The predicted octanol–water partition coefficient (Wildman–Crippen LogP) is 3.39. The van der Waals surface area contributed by atoms with Crippen LogP contribution in [0.25, 0.3) is 33.3 Å². The molecule has 0 atom stereocenters. The molecular weight excluding hydrogens is 294 g/mol. The van der Waals surface area contributed by atoms with E-state index in [0.717, 1.165) is 27.5 Å². The number of carbonyl (C=O) groups is 1. The van der Waals surface area contributed by atoms with E-state index < -0.39 is 5.97 Å². The molecule has 0 unspecified atom stereocenters. The molecule has 1 N–H and O–H groups in total. The molecule has 4 rings (SSSR count). The van der Waals surface area contributed by atoms with Gasteiger partial charge in [0, 0.05) is 23.3 Å². The first-order valence-corrected chi connectivity index (χ1v) is 7.10. The molecule has 23 heavy (non-hydrogen) atoms. The van der Waals surface area contributed by atoms with Crippen molar-refractivity contribution in [2.24, 2.45) is 7.05 Å². The Morgan fingerprint density at radius 1 is 1.26 bits per heavy atom. The summed E-state index contributed by atoms with van der Waals surface area (Å²) in [6, 6.07) is 10.0. The fourth-order valence-corrected chi connectivity index (χ4v) is 3.03. The quantitative estimate of drug-likeness (QED) is 0.614. The molecule has 4 aromatic rings. The van der Waals surface area contributed by atoms with E-state index in [0.29, 0.717) is 11.5 Å². The number of hydrogen-bond acceptors (Lipinski definition) is 4. The highest BCUT2D eigenvalue weighted by Gasteiger charge is 2.17. The minimum Gasteiger partial charge on any atom is -0.474 e. The van der Waals surface area contributed by atoms with Crippen molar-refractivity contribution in [2.45, 2.75) is 6.92 Å². The van der Waals surface area contributed by atoms with Gasteiger partial charge in [0.2, 0.25) is 0 Å². The summed E-state index contributed by atoms with van der Waals surface area (Å²) in [5.74, 6) is -1.18. The topological polar surface area (TPSA) is 81.2 Å². The second-order valence-electron chi connectivity index (χ2n) is 5.40. The molecule has 3 heterocycles. The molecule has 6 heteroatoms. The van der Waals surface area contributed by atoms with Crippen LogP contribution in [0.1, 0.15) is 16.4 Å². The van der Waals surface area contributed by atoms with Crippen molar-refractivity contribution in [2.75, 3.05) is 0 Å². The van der Waals surface area contributed by atoms with Crippen LogP contribution in [0.3, 0.4) is 0 Å². The maximum atomic E-state index is 10.9. The Morgan fingerprint density at radius 2 is 2.04 bits per heavy atom. The summed E-state index contributed by atoms with van der Waals surface area (Å²) >= 11 is 0. The third-order valence-electron chi connectivity index (χ3n) is 4.00. The molecule has 0 saturated heterocycles. The van der Waals surface area contributed by atoms with Gasteiger partial charge in [-0.1, -0.05) is 18.2 Å². The third kappa shape index (κ3) is 1.92. The minimum absolute atomic E-state index is 0.336. The molecule has 0 saturated carbocycles. The monoisotopic (exact) mass is 307 g/mol. The molecule has 0 bridgehead atoms. The lowest BCUT2D eigenvalue weighted by Gasteiger charge is -2.03. The van der Waals surface area contributed by atoms with Crippen LogP contribution in [-0.4, -0.2) is 25.6 Å². The second kappa shape index (κ2) is 4.67. The molecule has 114 valence electrons. The molecular formula is C17H13N3O3. The number of para-hydroxylation sites is 1. The second-order valence-corrected chi connectivity index (χ2v) is 5.40. The number of aromatic carboxylic acids is 1. The van der Waals surface area contributed by atoms with Crippen LogP contribution in [0.5, 0.6) is 0 Å². The van der Waals surface area contributed by atoms with Gasteiger partial charge in [-0.25, -0.2) is 14.8 Å². The summed E-state index contributed by atoms with van der Waals surface area (Å²) in [5.41, 5.74) is 3.59. The first-order valence-electron chi connectivity index (χ1n) is 7.10. The highest BCUT2D eigenvalue weighted by Crippen LogP contribution is 2.32. The standard InChI is InChI=1S/C17H13N3O3/c1-9-15-11(10-5-3-4-6-13(10)20(15)2)7-12(19-9)14-8-18-16(23-14)17(21)22/h3-8H,1-2H3,(H,21,22). The molecule has 6 nitrogen and oxygen atoms in total. The zero-order valence-corrected chi connectivity index (χ0v) is 12.6. The lowest BCUT2D eigenvalue weighted by molar-refractivity contribution is 0.0654. The number of aryl methyl sites for hydroxylation is 2. The van der Waals surface area contributed by atoms with Crippen molar-refractivity contribution < 1.29 is 14.3 Å². The molecule has 0 amide bonds.